The van der Waals surface area contributed by atoms with E-state index in [-0.39, 0.29) is 12.1 Å². The van der Waals surface area contributed by atoms with Crippen LogP contribution in [0.25, 0.3) is 0 Å². The fourth-order valence-corrected chi connectivity index (χ4v) is 8.14. The average Bonchev–Trinajstić information content (AvgIpc) is 3.19. The Hall–Kier alpha value is -1.09. The largest absolute Gasteiger partial charge is 0.466 e. The maximum atomic E-state index is 12.4. The van der Waals surface area contributed by atoms with Gasteiger partial charge in [0.1, 0.15) is 0 Å². The number of ether oxygens (including phenoxy) is 3. The Morgan fingerprint density at radius 2 is 1.78 bits per heavy atom. The number of hydrogen-bond donors (Lipinski definition) is 0. The molecule has 7 nitrogen and oxygen atoms in total. The Kier molecular flexibility index (Phi) is 10.5. The number of rotatable bonds is 13. The molecule has 6 rings (SSSR count). The first kappa shape index (κ1) is 31.3. The van der Waals surface area contributed by atoms with Gasteiger partial charge in [0.25, 0.3) is 0 Å². The number of benzene rings is 1. The van der Waals surface area contributed by atoms with Gasteiger partial charge in [-0.05, 0) is 87.3 Å². The van der Waals surface area contributed by atoms with Crippen molar-refractivity contribution >= 4 is 34.9 Å². The molecule has 1 aromatic carbocycles. The van der Waals surface area contributed by atoms with Crippen molar-refractivity contribution in [1.82, 2.24) is 0 Å². The zero-order chi connectivity index (χ0) is 29.0. The van der Waals surface area contributed by atoms with Gasteiger partial charge in [0.05, 0.1) is 12.7 Å². The highest BCUT2D eigenvalue weighted by Crippen LogP contribution is 2.60. The first-order valence-corrected chi connectivity index (χ1v) is 16.7. The highest BCUT2D eigenvalue weighted by molar-refractivity contribution is 6.18. The summed E-state index contributed by atoms with van der Waals surface area (Å²) in [4.78, 5) is 26.8. The van der Waals surface area contributed by atoms with Crippen LogP contribution in [0.4, 0.5) is 5.69 Å². The van der Waals surface area contributed by atoms with Crippen LogP contribution in [0.3, 0.4) is 0 Å². The molecule has 0 N–H and O–H groups in total. The predicted molar refractivity (Wildman–Crippen MR) is 160 cm³/mol. The maximum absolute atomic E-state index is 12.4. The number of carbonyl (C=O) groups is 1. The van der Waals surface area contributed by atoms with Crippen LogP contribution in [0.15, 0.2) is 24.3 Å². The molecule has 0 aromatic heterocycles. The topological polar surface area (TPSA) is 66.5 Å². The molecule has 9 heteroatoms. The van der Waals surface area contributed by atoms with E-state index in [1.54, 1.807) is 0 Å². The van der Waals surface area contributed by atoms with E-state index in [9.17, 15) is 4.79 Å². The van der Waals surface area contributed by atoms with Crippen molar-refractivity contribution in [3.8, 4) is 0 Å². The molecule has 4 heterocycles. The van der Waals surface area contributed by atoms with Gasteiger partial charge in [-0.2, -0.15) is 0 Å². The van der Waals surface area contributed by atoms with E-state index < -0.39 is 17.7 Å². The second kappa shape index (κ2) is 13.7. The smallest absolute Gasteiger partial charge is 0.305 e. The standard InChI is InChI=1S/C32H47Cl2NO6/c1-22-9-14-27-23(2)28(38-30-32(27)26(22)15-16-31(3,39-30)40-41-32)7-5-21-37-29(36)8-4-6-24-10-12-25(13-11-24)35(19-17-33)20-18-34/h10-13,22-23,26-28,30H,4-9,14-21H2,1-3H3/t22-,23-,26?,27+,28-,30-,31?,32?/m1/s1. The molecule has 5 fully saturated rings. The summed E-state index contributed by atoms with van der Waals surface area (Å²) < 4.78 is 18.7. The summed E-state index contributed by atoms with van der Waals surface area (Å²) >= 11 is 11.8. The van der Waals surface area contributed by atoms with E-state index in [0.717, 1.165) is 63.7 Å². The van der Waals surface area contributed by atoms with Crippen LogP contribution in [0.2, 0.25) is 0 Å². The second-order valence-corrected chi connectivity index (χ2v) is 13.4. The van der Waals surface area contributed by atoms with Gasteiger partial charge in [-0.3, -0.25) is 4.79 Å². The van der Waals surface area contributed by atoms with Gasteiger partial charge in [0, 0.05) is 49.3 Å². The van der Waals surface area contributed by atoms with Crippen molar-refractivity contribution < 1.29 is 28.8 Å². The lowest BCUT2D eigenvalue weighted by Gasteiger charge is -2.60. The molecule has 3 unspecified atom stereocenters. The van der Waals surface area contributed by atoms with Gasteiger partial charge < -0.3 is 19.1 Å². The lowest BCUT2D eigenvalue weighted by Crippen LogP contribution is -2.70. The van der Waals surface area contributed by atoms with Crippen LogP contribution < -0.4 is 4.90 Å². The Bertz CT molecular complexity index is 1010. The second-order valence-electron chi connectivity index (χ2n) is 12.7. The van der Waals surface area contributed by atoms with Gasteiger partial charge in [0.2, 0.25) is 5.79 Å². The Balaban J connectivity index is 1.05. The summed E-state index contributed by atoms with van der Waals surface area (Å²) in [5.41, 5.74) is 1.80. The number of fused-ring (bicyclic) bond motifs is 2. The normalized spacial score (nSPS) is 35.9. The van der Waals surface area contributed by atoms with Gasteiger partial charge in [0.15, 0.2) is 11.9 Å². The Labute approximate surface area is 255 Å². The maximum Gasteiger partial charge on any atom is 0.305 e. The number of aryl methyl sites for hydroxylation is 1. The minimum absolute atomic E-state index is 0.0442. The minimum atomic E-state index is -0.755. The summed E-state index contributed by atoms with van der Waals surface area (Å²) in [7, 11) is 0. The zero-order valence-electron chi connectivity index (χ0n) is 24.8. The summed E-state index contributed by atoms with van der Waals surface area (Å²) in [5.74, 6) is 1.81. The molecule has 1 spiro atoms. The summed E-state index contributed by atoms with van der Waals surface area (Å²) in [6, 6.07) is 8.42. The fraction of sp³-hybridized carbons (Fsp3) is 0.781. The predicted octanol–water partition coefficient (Wildman–Crippen LogP) is 6.87. The lowest BCUT2D eigenvalue weighted by molar-refractivity contribution is -0.571. The number of carbonyl (C=O) groups excluding carboxylic acids is 1. The van der Waals surface area contributed by atoms with E-state index in [4.69, 9.17) is 47.2 Å². The molecule has 1 saturated carbocycles. The average molecular weight is 613 g/mol. The van der Waals surface area contributed by atoms with Gasteiger partial charge in [-0.1, -0.05) is 26.0 Å². The molecule has 1 aliphatic carbocycles. The third kappa shape index (κ3) is 6.71. The third-order valence-corrected chi connectivity index (χ3v) is 10.4. The SMILES string of the molecule is C[C@H]1[C@@H](CCCOC(=O)CCCc2ccc(N(CCCl)CCCl)cc2)O[C@@H]2OC3(C)CCC4[C@H](C)CC[C@@H]1C42OO3. The van der Waals surface area contributed by atoms with E-state index >= 15 is 0 Å². The van der Waals surface area contributed by atoms with Crippen LogP contribution in [0.1, 0.15) is 77.7 Å². The summed E-state index contributed by atoms with van der Waals surface area (Å²) in [6.45, 7) is 8.52. The molecular formula is C32H47Cl2NO6. The van der Waals surface area contributed by atoms with Crippen molar-refractivity contribution in [2.75, 3.05) is 36.4 Å². The Morgan fingerprint density at radius 1 is 1.02 bits per heavy atom. The minimum Gasteiger partial charge on any atom is -0.466 e. The monoisotopic (exact) mass is 611 g/mol. The summed E-state index contributed by atoms with van der Waals surface area (Å²) in [5, 5.41) is 0. The van der Waals surface area contributed by atoms with Crippen LogP contribution >= 0.6 is 23.2 Å². The van der Waals surface area contributed by atoms with E-state index in [1.807, 2.05) is 6.92 Å². The number of nitrogens with zero attached hydrogens (tertiary/aromatic N) is 1. The summed E-state index contributed by atoms with van der Waals surface area (Å²) in [6.07, 6.45) is 7.38. The molecule has 230 valence electrons. The number of anilines is 1. The molecule has 0 radical (unpaired) electrons. The molecule has 0 amide bonds. The quantitative estimate of drug-likeness (QED) is 0.104. The van der Waals surface area contributed by atoms with Crippen molar-refractivity contribution in [3.63, 3.8) is 0 Å². The Morgan fingerprint density at radius 3 is 2.51 bits per heavy atom. The van der Waals surface area contributed by atoms with Gasteiger partial charge in [-0.15, -0.1) is 23.2 Å². The zero-order valence-corrected chi connectivity index (χ0v) is 26.3. The van der Waals surface area contributed by atoms with E-state index in [0.29, 0.717) is 48.5 Å². The number of esters is 1. The highest BCUT2D eigenvalue weighted by Gasteiger charge is 2.69. The first-order chi connectivity index (χ1) is 19.8. The third-order valence-electron chi connectivity index (χ3n) is 10.0. The highest BCUT2D eigenvalue weighted by atomic mass is 35.5. The fourth-order valence-electron chi connectivity index (χ4n) is 7.74. The van der Waals surface area contributed by atoms with Crippen molar-refractivity contribution in [2.24, 2.45) is 23.7 Å². The number of hydrogen-bond acceptors (Lipinski definition) is 7. The van der Waals surface area contributed by atoms with Crippen molar-refractivity contribution in [2.45, 2.75) is 102 Å². The van der Waals surface area contributed by atoms with Crippen LogP contribution in [0.5, 0.6) is 0 Å². The molecule has 4 saturated heterocycles. The van der Waals surface area contributed by atoms with Crippen LogP contribution in [0, 0.1) is 23.7 Å². The van der Waals surface area contributed by atoms with Gasteiger partial charge in [-0.25, -0.2) is 9.78 Å². The molecule has 8 atom stereocenters. The number of halogens is 2. The van der Waals surface area contributed by atoms with Gasteiger partial charge >= 0.3 is 5.97 Å². The molecule has 5 aliphatic rings. The molecule has 2 bridgehead atoms. The van der Waals surface area contributed by atoms with Crippen LogP contribution in [-0.2, 0) is 35.2 Å². The first-order valence-electron chi connectivity index (χ1n) is 15.6. The lowest BCUT2D eigenvalue weighted by atomic mass is 9.57. The molecule has 4 aliphatic heterocycles. The molecule has 1 aromatic rings. The van der Waals surface area contributed by atoms with E-state index in [2.05, 4.69) is 43.0 Å². The van der Waals surface area contributed by atoms with Crippen LogP contribution in [-0.4, -0.2) is 61.2 Å². The van der Waals surface area contributed by atoms with Crippen molar-refractivity contribution in [3.05, 3.63) is 29.8 Å². The van der Waals surface area contributed by atoms with Crippen molar-refractivity contribution in [1.29, 1.82) is 0 Å². The number of alkyl halides is 2. The van der Waals surface area contributed by atoms with E-state index in [1.165, 1.54) is 12.0 Å². The molecule has 41 heavy (non-hydrogen) atoms. The molecular weight excluding hydrogens is 565 g/mol.